The maximum atomic E-state index is 12.5. The first kappa shape index (κ1) is 14.5. The zero-order valence-electron chi connectivity index (χ0n) is 13.3. The molecule has 0 bridgehead atoms. The highest BCUT2D eigenvalue weighted by molar-refractivity contribution is 5.84. The number of hydrogen-bond acceptors (Lipinski definition) is 3. The van der Waals surface area contributed by atoms with Crippen molar-refractivity contribution in [3.8, 4) is 0 Å². The lowest BCUT2D eigenvalue weighted by Gasteiger charge is -2.29. The van der Waals surface area contributed by atoms with Crippen molar-refractivity contribution in [2.75, 3.05) is 19.7 Å². The maximum Gasteiger partial charge on any atom is 0.252 e. The highest BCUT2D eigenvalue weighted by Gasteiger charge is 2.34. The zero-order valence-corrected chi connectivity index (χ0v) is 13.3. The molecule has 5 heteroatoms. The van der Waals surface area contributed by atoms with Crippen molar-refractivity contribution in [1.82, 2.24) is 14.9 Å². The van der Waals surface area contributed by atoms with Gasteiger partial charge in [0.2, 0.25) is 0 Å². The molecule has 2 aliphatic heterocycles. The van der Waals surface area contributed by atoms with Gasteiger partial charge in [-0.2, -0.15) is 0 Å². The van der Waals surface area contributed by atoms with Crippen molar-refractivity contribution in [3.05, 3.63) is 36.2 Å². The van der Waals surface area contributed by atoms with E-state index in [0.717, 1.165) is 36.1 Å². The van der Waals surface area contributed by atoms with E-state index in [1.165, 1.54) is 5.57 Å². The number of aromatic nitrogens is 2. The number of carbonyl (C=O) groups is 1. The van der Waals surface area contributed by atoms with Crippen LogP contribution in [0.3, 0.4) is 0 Å². The summed E-state index contributed by atoms with van der Waals surface area (Å²) in [5.74, 6) is 0.469. The second kappa shape index (κ2) is 5.81. The van der Waals surface area contributed by atoms with Crippen LogP contribution in [0.4, 0.5) is 0 Å². The molecule has 0 aromatic carbocycles. The Labute approximate surface area is 135 Å². The predicted molar refractivity (Wildman–Crippen MR) is 88.8 cm³/mol. The Morgan fingerprint density at radius 3 is 3.09 bits per heavy atom. The molecule has 1 amide bonds. The molecule has 1 N–H and O–H groups in total. The summed E-state index contributed by atoms with van der Waals surface area (Å²) in [6.45, 7) is 4.20. The molecule has 1 fully saturated rings. The first-order valence-corrected chi connectivity index (χ1v) is 8.26. The zero-order chi connectivity index (χ0) is 15.8. The van der Waals surface area contributed by atoms with E-state index in [1.807, 2.05) is 11.0 Å². The average molecular weight is 311 g/mol. The van der Waals surface area contributed by atoms with Crippen molar-refractivity contribution in [3.63, 3.8) is 0 Å². The van der Waals surface area contributed by atoms with Crippen LogP contribution in [0.15, 0.2) is 30.5 Å². The van der Waals surface area contributed by atoms with Crippen molar-refractivity contribution in [2.45, 2.75) is 25.9 Å². The molecule has 4 rings (SSSR count). The molecule has 0 saturated carbocycles. The number of nitrogens with zero attached hydrogens (tertiary/aromatic N) is 2. The van der Waals surface area contributed by atoms with E-state index in [1.54, 1.807) is 6.20 Å². The smallest absolute Gasteiger partial charge is 0.252 e. The van der Waals surface area contributed by atoms with Crippen LogP contribution < -0.4 is 0 Å². The van der Waals surface area contributed by atoms with Crippen LogP contribution in [-0.2, 0) is 9.53 Å². The van der Waals surface area contributed by atoms with Gasteiger partial charge < -0.3 is 14.6 Å². The van der Waals surface area contributed by atoms with Gasteiger partial charge in [0, 0.05) is 37.0 Å². The van der Waals surface area contributed by atoms with E-state index in [0.29, 0.717) is 19.1 Å². The van der Waals surface area contributed by atoms with Crippen molar-refractivity contribution >= 4 is 22.5 Å². The molecule has 2 atom stereocenters. The van der Waals surface area contributed by atoms with Gasteiger partial charge in [-0.25, -0.2) is 4.98 Å². The van der Waals surface area contributed by atoms with Crippen LogP contribution >= 0.6 is 0 Å². The van der Waals surface area contributed by atoms with Gasteiger partial charge in [0.25, 0.3) is 5.91 Å². The van der Waals surface area contributed by atoms with Crippen LogP contribution in [-0.4, -0.2) is 46.6 Å². The number of nitrogens with one attached hydrogen (secondary N) is 1. The number of carbonyl (C=O) groups excluding carboxylic acids is 1. The van der Waals surface area contributed by atoms with E-state index in [-0.39, 0.29) is 12.0 Å². The summed E-state index contributed by atoms with van der Waals surface area (Å²) >= 11 is 0. The fourth-order valence-corrected chi connectivity index (χ4v) is 3.44. The quantitative estimate of drug-likeness (QED) is 0.927. The molecule has 2 aromatic heterocycles. The van der Waals surface area contributed by atoms with Crippen LogP contribution in [0, 0.1) is 5.92 Å². The molecule has 5 nitrogen and oxygen atoms in total. The number of ether oxygens (including phenoxy) is 1. The Balaban J connectivity index is 1.49. The molecule has 1 saturated heterocycles. The lowest BCUT2D eigenvalue weighted by molar-refractivity contribution is -0.142. The van der Waals surface area contributed by atoms with Crippen LogP contribution in [0.5, 0.6) is 0 Å². The largest absolute Gasteiger partial charge is 0.368 e. The summed E-state index contributed by atoms with van der Waals surface area (Å²) in [6, 6.07) is 6.13. The number of H-pyrrole nitrogens is 1. The molecule has 4 heterocycles. The minimum Gasteiger partial charge on any atom is -0.368 e. The molecule has 120 valence electrons. The van der Waals surface area contributed by atoms with Gasteiger partial charge in [-0.1, -0.05) is 13.0 Å². The van der Waals surface area contributed by atoms with Crippen LogP contribution in [0.2, 0.25) is 0 Å². The summed E-state index contributed by atoms with van der Waals surface area (Å²) < 4.78 is 5.61. The van der Waals surface area contributed by atoms with E-state index >= 15 is 0 Å². The summed E-state index contributed by atoms with van der Waals surface area (Å²) in [5, 5.41) is 1.12. The number of hydrogen-bond donors (Lipinski definition) is 1. The summed E-state index contributed by atoms with van der Waals surface area (Å²) in [6.07, 6.45) is 5.53. The fourth-order valence-electron chi connectivity index (χ4n) is 3.44. The molecule has 0 aliphatic carbocycles. The number of rotatable bonds is 2. The molecular formula is C18H21N3O2. The minimum absolute atomic E-state index is 0.142. The Morgan fingerprint density at radius 2 is 2.39 bits per heavy atom. The molecule has 2 aliphatic rings. The Bertz CT molecular complexity index is 731. The molecule has 0 unspecified atom stereocenters. The topological polar surface area (TPSA) is 58.2 Å². The molecule has 23 heavy (non-hydrogen) atoms. The van der Waals surface area contributed by atoms with E-state index in [9.17, 15) is 4.79 Å². The Kier molecular flexibility index (Phi) is 3.65. The van der Waals surface area contributed by atoms with Gasteiger partial charge >= 0.3 is 0 Å². The average Bonchev–Trinajstić information content (AvgIpc) is 3.20. The van der Waals surface area contributed by atoms with Gasteiger partial charge in [-0.3, -0.25) is 4.79 Å². The lowest BCUT2D eigenvalue weighted by atomic mass is 10.0. The second-order valence-electron chi connectivity index (χ2n) is 6.45. The first-order chi connectivity index (χ1) is 11.2. The summed E-state index contributed by atoms with van der Waals surface area (Å²) in [5.41, 5.74) is 3.28. The molecular weight excluding hydrogens is 290 g/mol. The number of pyridine rings is 1. The Hall–Kier alpha value is -2.14. The lowest BCUT2D eigenvalue weighted by Crippen LogP contribution is -2.43. The van der Waals surface area contributed by atoms with Crippen molar-refractivity contribution in [2.24, 2.45) is 5.92 Å². The van der Waals surface area contributed by atoms with E-state index < -0.39 is 0 Å². The highest BCUT2D eigenvalue weighted by atomic mass is 16.5. The molecule has 0 radical (unpaired) electrons. The molecule has 2 aromatic rings. The predicted octanol–water partition coefficient (Wildman–Crippen LogP) is 2.60. The molecule has 0 spiro atoms. The fraction of sp³-hybridized carbons (Fsp3) is 0.444. The van der Waals surface area contributed by atoms with E-state index in [2.05, 4.69) is 35.1 Å². The number of amides is 1. The van der Waals surface area contributed by atoms with Crippen molar-refractivity contribution < 1.29 is 9.53 Å². The van der Waals surface area contributed by atoms with Gasteiger partial charge in [-0.15, -0.1) is 0 Å². The number of aromatic amines is 1. The minimum atomic E-state index is -0.248. The third-order valence-electron chi connectivity index (χ3n) is 4.89. The van der Waals surface area contributed by atoms with Gasteiger partial charge in [-0.05, 0) is 42.5 Å². The first-order valence-electron chi connectivity index (χ1n) is 8.26. The SMILES string of the molecule is C[C@@H]1CCO[C@@H]1C(=O)N1CC=C(c2cc3cccnc3[nH]2)CC1. The van der Waals surface area contributed by atoms with Gasteiger partial charge in [0.05, 0.1) is 0 Å². The van der Waals surface area contributed by atoms with Crippen LogP contribution in [0.25, 0.3) is 16.6 Å². The van der Waals surface area contributed by atoms with Crippen LogP contribution in [0.1, 0.15) is 25.5 Å². The van der Waals surface area contributed by atoms with Gasteiger partial charge in [0.1, 0.15) is 11.8 Å². The van der Waals surface area contributed by atoms with E-state index in [4.69, 9.17) is 4.74 Å². The Morgan fingerprint density at radius 1 is 1.48 bits per heavy atom. The second-order valence-corrected chi connectivity index (χ2v) is 6.45. The van der Waals surface area contributed by atoms with Gasteiger partial charge in [0.15, 0.2) is 0 Å². The third kappa shape index (κ3) is 2.65. The monoisotopic (exact) mass is 311 g/mol. The standard InChI is InChI=1S/C18H21N3O2/c1-12-6-10-23-16(12)18(22)21-8-4-13(5-9-21)15-11-14-3-2-7-19-17(14)20-15/h2-4,7,11-12,16H,5-6,8-10H2,1H3,(H,19,20)/t12-,16+/m1/s1. The normalized spacial score (nSPS) is 24.9. The maximum absolute atomic E-state index is 12.5. The highest BCUT2D eigenvalue weighted by Crippen LogP contribution is 2.27. The summed E-state index contributed by atoms with van der Waals surface area (Å²) in [4.78, 5) is 22.2. The third-order valence-corrected chi connectivity index (χ3v) is 4.89. The summed E-state index contributed by atoms with van der Waals surface area (Å²) in [7, 11) is 0. The van der Waals surface area contributed by atoms with Crippen molar-refractivity contribution in [1.29, 1.82) is 0 Å². The number of fused-ring (bicyclic) bond motifs is 1.